The molecule has 0 spiro atoms. The van der Waals surface area contributed by atoms with Crippen LogP contribution in [0.5, 0.6) is 0 Å². The lowest BCUT2D eigenvalue weighted by molar-refractivity contribution is 0.0827. The number of benzene rings is 1. The quantitative estimate of drug-likeness (QED) is 0.876. The van der Waals surface area contributed by atoms with Crippen molar-refractivity contribution < 1.29 is 9.59 Å². The third kappa shape index (κ3) is 4.68. The minimum absolute atomic E-state index is 0.0479. The van der Waals surface area contributed by atoms with E-state index in [1.54, 1.807) is 56.7 Å². The number of amides is 2. The highest BCUT2D eigenvalue weighted by molar-refractivity contribution is 5.94. The van der Waals surface area contributed by atoms with E-state index < -0.39 is 0 Å². The number of rotatable bonds is 3. The van der Waals surface area contributed by atoms with Gasteiger partial charge in [-0.1, -0.05) is 11.8 Å². The van der Waals surface area contributed by atoms with Crippen LogP contribution in [-0.2, 0) is 0 Å². The molecule has 116 valence electrons. The Bertz CT molecular complexity index is 741. The molecule has 0 aliphatic heterocycles. The van der Waals surface area contributed by atoms with Crippen LogP contribution >= 0.6 is 0 Å². The van der Waals surface area contributed by atoms with E-state index in [0.29, 0.717) is 11.1 Å². The van der Waals surface area contributed by atoms with Gasteiger partial charge in [0.05, 0.1) is 12.1 Å². The van der Waals surface area contributed by atoms with Crippen LogP contribution in [0.3, 0.4) is 0 Å². The molecule has 5 nitrogen and oxygen atoms in total. The lowest BCUT2D eigenvalue weighted by Gasteiger charge is -2.09. The molecule has 2 aromatic rings. The van der Waals surface area contributed by atoms with E-state index >= 15 is 0 Å². The standard InChI is InChI=1S/C18H17N3O2/c1-21(2)18(23)15-9-7-14(8-10-15)5-3-12-20-17(22)16-6-4-11-19-13-16/h4,6-11,13H,12H2,1-2H3,(H,20,22). The largest absolute Gasteiger partial charge is 0.345 e. The van der Waals surface area contributed by atoms with Crippen molar-refractivity contribution in [1.29, 1.82) is 0 Å². The molecule has 1 aromatic carbocycles. The van der Waals surface area contributed by atoms with Crippen molar-refractivity contribution in [3.63, 3.8) is 0 Å². The second-order valence-corrected chi connectivity index (χ2v) is 5.00. The van der Waals surface area contributed by atoms with Gasteiger partial charge in [0.2, 0.25) is 0 Å². The number of nitrogens with one attached hydrogen (secondary N) is 1. The second-order valence-electron chi connectivity index (χ2n) is 5.00. The van der Waals surface area contributed by atoms with Gasteiger partial charge in [0.15, 0.2) is 0 Å². The molecule has 0 aliphatic carbocycles. The van der Waals surface area contributed by atoms with E-state index in [4.69, 9.17) is 0 Å². The summed E-state index contributed by atoms with van der Waals surface area (Å²) in [6.07, 6.45) is 3.12. The molecule has 5 heteroatoms. The van der Waals surface area contributed by atoms with E-state index in [1.807, 2.05) is 0 Å². The van der Waals surface area contributed by atoms with Crippen molar-refractivity contribution in [2.45, 2.75) is 0 Å². The lowest BCUT2D eigenvalue weighted by Crippen LogP contribution is -2.23. The van der Waals surface area contributed by atoms with Gasteiger partial charge >= 0.3 is 0 Å². The summed E-state index contributed by atoms with van der Waals surface area (Å²) in [6, 6.07) is 10.4. The molecule has 0 saturated carbocycles. The highest BCUT2D eigenvalue weighted by Crippen LogP contribution is 2.05. The number of aromatic nitrogens is 1. The molecule has 1 N–H and O–H groups in total. The average Bonchev–Trinajstić information content (AvgIpc) is 2.59. The maximum Gasteiger partial charge on any atom is 0.253 e. The van der Waals surface area contributed by atoms with Crippen LogP contribution in [0, 0.1) is 11.8 Å². The molecular weight excluding hydrogens is 290 g/mol. The fourth-order valence-electron chi connectivity index (χ4n) is 1.82. The first-order valence-corrected chi connectivity index (χ1v) is 7.07. The van der Waals surface area contributed by atoms with Crippen molar-refractivity contribution in [1.82, 2.24) is 15.2 Å². The Hall–Kier alpha value is -3.13. The summed E-state index contributed by atoms with van der Waals surface area (Å²) >= 11 is 0. The number of carbonyl (C=O) groups is 2. The van der Waals surface area contributed by atoms with Crippen LogP contribution in [0.2, 0.25) is 0 Å². The normalized spacial score (nSPS) is 9.48. The maximum absolute atomic E-state index is 11.8. The third-order valence-corrected chi connectivity index (χ3v) is 3.03. The molecule has 0 unspecified atom stereocenters. The molecular formula is C18H17N3O2. The Morgan fingerprint density at radius 3 is 2.48 bits per heavy atom. The summed E-state index contributed by atoms with van der Waals surface area (Å²) in [5, 5.41) is 2.70. The van der Waals surface area contributed by atoms with Gasteiger partial charge in [0, 0.05) is 37.6 Å². The smallest absolute Gasteiger partial charge is 0.253 e. The van der Waals surface area contributed by atoms with Crippen LogP contribution in [0.15, 0.2) is 48.8 Å². The molecule has 2 rings (SSSR count). The van der Waals surface area contributed by atoms with Crippen LogP contribution in [0.25, 0.3) is 0 Å². The molecule has 0 saturated heterocycles. The first kappa shape index (κ1) is 16.2. The van der Waals surface area contributed by atoms with Gasteiger partial charge in [-0.25, -0.2) is 0 Å². The summed E-state index contributed by atoms with van der Waals surface area (Å²) in [5.41, 5.74) is 1.90. The van der Waals surface area contributed by atoms with Crippen LogP contribution in [0.1, 0.15) is 26.3 Å². The predicted molar refractivity (Wildman–Crippen MR) is 87.9 cm³/mol. The first-order chi connectivity index (χ1) is 11.1. The molecule has 1 aromatic heterocycles. The molecule has 0 bridgehead atoms. The van der Waals surface area contributed by atoms with E-state index in [9.17, 15) is 9.59 Å². The number of hydrogen-bond donors (Lipinski definition) is 1. The minimum Gasteiger partial charge on any atom is -0.345 e. The van der Waals surface area contributed by atoms with Crippen LogP contribution in [-0.4, -0.2) is 42.3 Å². The Kier molecular flexibility index (Phi) is 5.48. The molecule has 1 heterocycles. The highest BCUT2D eigenvalue weighted by atomic mass is 16.2. The van der Waals surface area contributed by atoms with Crippen molar-refractivity contribution in [2.24, 2.45) is 0 Å². The summed E-state index contributed by atoms with van der Waals surface area (Å²) < 4.78 is 0. The van der Waals surface area contributed by atoms with Gasteiger partial charge in [-0.3, -0.25) is 14.6 Å². The van der Waals surface area contributed by atoms with E-state index in [0.717, 1.165) is 5.56 Å². The number of hydrogen-bond acceptors (Lipinski definition) is 3. The van der Waals surface area contributed by atoms with Crippen molar-refractivity contribution in [3.8, 4) is 11.8 Å². The molecule has 23 heavy (non-hydrogen) atoms. The van der Waals surface area contributed by atoms with Crippen molar-refractivity contribution >= 4 is 11.8 Å². The predicted octanol–water partition coefficient (Wildman–Crippen LogP) is 1.56. The van der Waals surface area contributed by atoms with Gasteiger partial charge < -0.3 is 10.2 Å². The van der Waals surface area contributed by atoms with E-state index in [-0.39, 0.29) is 18.4 Å². The van der Waals surface area contributed by atoms with Crippen molar-refractivity contribution in [3.05, 3.63) is 65.5 Å². The number of nitrogens with zero attached hydrogens (tertiary/aromatic N) is 2. The summed E-state index contributed by atoms with van der Waals surface area (Å²) in [7, 11) is 3.42. The van der Waals surface area contributed by atoms with Gasteiger partial charge in [-0.15, -0.1) is 0 Å². The van der Waals surface area contributed by atoms with Gasteiger partial charge in [-0.05, 0) is 36.4 Å². The summed E-state index contributed by atoms with van der Waals surface area (Å²) in [5.74, 6) is 5.56. The Labute approximate surface area is 135 Å². The summed E-state index contributed by atoms with van der Waals surface area (Å²) in [6.45, 7) is 0.242. The zero-order chi connectivity index (χ0) is 16.7. The van der Waals surface area contributed by atoms with Crippen LogP contribution < -0.4 is 5.32 Å². The van der Waals surface area contributed by atoms with Gasteiger partial charge in [-0.2, -0.15) is 0 Å². The van der Waals surface area contributed by atoms with Crippen LogP contribution in [0.4, 0.5) is 0 Å². The minimum atomic E-state index is -0.209. The topological polar surface area (TPSA) is 62.3 Å². The highest BCUT2D eigenvalue weighted by Gasteiger charge is 2.06. The molecule has 0 fully saturated rings. The molecule has 0 atom stereocenters. The molecule has 0 radical (unpaired) electrons. The van der Waals surface area contributed by atoms with Crippen molar-refractivity contribution in [2.75, 3.05) is 20.6 Å². The average molecular weight is 307 g/mol. The molecule has 2 amide bonds. The monoisotopic (exact) mass is 307 g/mol. The Morgan fingerprint density at radius 2 is 1.87 bits per heavy atom. The third-order valence-electron chi connectivity index (χ3n) is 3.03. The lowest BCUT2D eigenvalue weighted by atomic mass is 10.1. The van der Waals surface area contributed by atoms with Gasteiger partial charge in [0.25, 0.3) is 11.8 Å². The fraction of sp³-hybridized carbons (Fsp3) is 0.167. The Morgan fingerprint density at radius 1 is 1.13 bits per heavy atom. The fourth-order valence-corrected chi connectivity index (χ4v) is 1.82. The second kappa shape index (κ2) is 7.76. The van der Waals surface area contributed by atoms with Gasteiger partial charge in [0.1, 0.15) is 0 Å². The number of pyridine rings is 1. The first-order valence-electron chi connectivity index (χ1n) is 7.07. The zero-order valence-corrected chi connectivity index (χ0v) is 13.0. The van der Waals surface area contributed by atoms with E-state index in [1.165, 1.54) is 11.1 Å². The maximum atomic E-state index is 11.8. The summed E-state index contributed by atoms with van der Waals surface area (Å²) in [4.78, 5) is 29.0. The zero-order valence-electron chi connectivity index (χ0n) is 13.0. The SMILES string of the molecule is CN(C)C(=O)c1ccc(C#CCNC(=O)c2cccnc2)cc1. The molecule has 0 aliphatic rings. The number of carbonyl (C=O) groups excluding carboxylic acids is 2. The van der Waals surface area contributed by atoms with E-state index in [2.05, 4.69) is 22.1 Å². The Balaban J connectivity index is 1.90.